The molecule has 0 heterocycles. The Morgan fingerprint density at radius 3 is 2.75 bits per heavy atom. The number of rotatable bonds is 2. The van der Waals surface area contributed by atoms with Gasteiger partial charge in [-0.15, -0.1) is 0 Å². The van der Waals surface area contributed by atoms with E-state index in [2.05, 4.69) is 4.99 Å². The van der Waals surface area contributed by atoms with Gasteiger partial charge < -0.3 is 0 Å². The molecule has 1 rings (SSSR count). The highest BCUT2D eigenvalue weighted by Gasteiger charge is 2.15. The minimum Gasteiger partial charge on any atom is -0.211 e. The Labute approximate surface area is 48.6 Å². The van der Waals surface area contributed by atoms with Crippen LogP contribution in [0.3, 0.4) is 0 Å². The summed E-state index contributed by atoms with van der Waals surface area (Å²) in [5, 5.41) is 0. The SMILES string of the molecule is O=C=NCC1CCC1. The van der Waals surface area contributed by atoms with Gasteiger partial charge in [-0.05, 0) is 18.8 Å². The Kier molecular flexibility index (Phi) is 1.81. The fourth-order valence-corrected chi connectivity index (χ4v) is 0.842. The van der Waals surface area contributed by atoms with Crippen LogP contribution >= 0.6 is 0 Å². The molecule has 0 aromatic heterocycles. The van der Waals surface area contributed by atoms with Crippen molar-refractivity contribution in [3.63, 3.8) is 0 Å². The van der Waals surface area contributed by atoms with Gasteiger partial charge in [0.1, 0.15) is 0 Å². The summed E-state index contributed by atoms with van der Waals surface area (Å²) in [6.07, 6.45) is 5.37. The lowest BCUT2D eigenvalue weighted by atomic mass is 9.86. The Morgan fingerprint density at radius 2 is 2.38 bits per heavy atom. The summed E-state index contributed by atoms with van der Waals surface area (Å²) in [7, 11) is 0. The van der Waals surface area contributed by atoms with Crippen LogP contribution in [0.1, 0.15) is 19.3 Å². The maximum atomic E-state index is 9.56. The molecule has 1 aliphatic rings. The molecule has 0 N–H and O–H groups in total. The zero-order valence-corrected chi connectivity index (χ0v) is 4.76. The largest absolute Gasteiger partial charge is 0.234 e. The van der Waals surface area contributed by atoms with E-state index in [4.69, 9.17) is 0 Å². The van der Waals surface area contributed by atoms with Crippen LogP contribution in [0.25, 0.3) is 0 Å². The van der Waals surface area contributed by atoms with E-state index in [9.17, 15) is 4.79 Å². The fourth-order valence-electron chi connectivity index (χ4n) is 0.842. The van der Waals surface area contributed by atoms with Gasteiger partial charge >= 0.3 is 0 Å². The smallest absolute Gasteiger partial charge is 0.211 e. The predicted octanol–water partition coefficient (Wildman–Crippen LogP) is 1.12. The van der Waals surface area contributed by atoms with Crippen LogP contribution < -0.4 is 0 Å². The highest BCUT2D eigenvalue weighted by atomic mass is 16.1. The van der Waals surface area contributed by atoms with E-state index in [1.165, 1.54) is 19.3 Å². The van der Waals surface area contributed by atoms with E-state index in [0.717, 1.165) is 0 Å². The lowest BCUT2D eigenvalue weighted by Crippen LogP contribution is -2.13. The van der Waals surface area contributed by atoms with Crippen molar-refractivity contribution in [2.75, 3.05) is 6.54 Å². The number of isocyanates is 1. The number of hydrogen-bond donors (Lipinski definition) is 0. The van der Waals surface area contributed by atoms with Crippen LogP contribution in [0.15, 0.2) is 4.99 Å². The highest BCUT2D eigenvalue weighted by Crippen LogP contribution is 2.25. The number of nitrogens with zero attached hydrogens (tertiary/aromatic N) is 1. The third kappa shape index (κ3) is 1.17. The molecule has 1 saturated carbocycles. The Balaban J connectivity index is 2.09. The van der Waals surface area contributed by atoms with Crippen molar-refractivity contribution in [1.82, 2.24) is 0 Å². The van der Waals surface area contributed by atoms with Gasteiger partial charge in [0.2, 0.25) is 6.08 Å². The summed E-state index contributed by atoms with van der Waals surface area (Å²) in [5.41, 5.74) is 0. The van der Waals surface area contributed by atoms with Gasteiger partial charge in [-0.25, -0.2) is 9.79 Å². The Bertz CT molecular complexity index is 112. The average Bonchev–Trinajstić information content (AvgIpc) is 1.63. The normalized spacial score (nSPS) is 19.0. The molecule has 8 heavy (non-hydrogen) atoms. The molecule has 44 valence electrons. The van der Waals surface area contributed by atoms with Gasteiger partial charge in [0.15, 0.2) is 0 Å². The van der Waals surface area contributed by atoms with Crippen LogP contribution in [0.5, 0.6) is 0 Å². The van der Waals surface area contributed by atoms with Gasteiger partial charge in [0.25, 0.3) is 0 Å². The van der Waals surface area contributed by atoms with Crippen LogP contribution in [-0.2, 0) is 4.79 Å². The minimum absolute atomic E-state index is 0.705. The first-order valence-electron chi connectivity index (χ1n) is 2.97. The summed E-state index contributed by atoms with van der Waals surface area (Å²) in [6.45, 7) is 0.712. The first-order valence-corrected chi connectivity index (χ1v) is 2.97. The van der Waals surface area contributed by atoms with Crippen molar-refractivity contribution in [2.45, 2.75) is 19.3 Å². The van der Waals surface area contributed by atoms with Gasteiger partial charge in [-0.2, -0.15) is 0 Å². The van der Waals surface area contributed by atoms with Gasteiger partial charge in [-0.3, -0.25) is 0 Å². The van der Waals surface area contributed by atoms with E-state index in [0.29, 0.717) is 12.5 Å². The second kappa shape index (κ2) is 2.63. The predicted molar refractivity (Wildman–Crippen MR) is 30.3 cm³/mol. The third-order valence-corrected chi connectivity index (χ3v) is 1.64. The molecular formula is C6H9NO. The molecule has 0 aliphatic heterocycles. The topological polar surface area (TPSA) is 29.4 Å². The molecule has 0 atom stereocenters. The molecule has 1 aliphatic carbocycles. The molecule has 0 bridgehead atoms. The molecule has 2 nitrogen and oxygen atoms in total. The van der Waals surface area contributed by atoms with Crippen LogP contribution in [0.2, 0.25) is 0 Å². The maximum Gasteiger partial charge on any atom is 0.234 e. The molecule has 0 saturated heterocycles. The quantitative estimate of drug-likeness (QED) is 0.388. The Hall–Kier alpha value is -0.620. The average molecular weight is 111 g/mol. The first kappa shape index (κ1) is 5.52. The van der Waals surface area contributed by atoms with E-state index >= 15 is 0 Å². The molecule has 0 amide bonds. The molecule has 0 radical (unpaired) electrons. The van der Waals surface area contributed by atoms with Crippen molar-refractivity contribution < 1.29 is 4.79 Å². The molecule has 0 spiro atoms. The highest BCUT2D eigenvalue weighted by molar-refractivity contribution is 5.32. The lowest BCUT2D eigenvalue weighted by molar-refractivity contribution is 0.326. The van der Waals surface area contributed by atoms with Gasteiger partial charge in [0.05, 0.1) is 6.54 Å². The molecular weight excluding hydrogens is 102 g/mol. The summed E-state index contributed by atoms with van der Waals surface area (Å²) in [5.74, 6) is 0.705. The fraction of sp³-hybridized carbons (Fsp3) is 0.833. The molecule has 1 fully saturated rings. The zero-order valence-electron chi connectivity index (χ0n) is 4.76. The second-order valence-electron chi connectivity index (χ2n) is 2.23. The summed E-state index contributed by atoms with van der Waals surface area (Å²) < 4.78 is 0. The van der Waals surface area contributed by atoms with Crippen LogP contribution in [-0.4, -0.2) is 12.6 Å². The van der Waals surface area contributed by atoms with Crippen molar-refractivity contribution in [1.29, 1.82) is 0 Å². The summed E-state index contributed by atoms with van der Waals surface area (Å²) in [6, 6.07) is 0. The van der Waals surface area contributed by atoms with Crippen molar-refractivity contribution >= 4 is 6.08 Å². The van der Waals surface area contributed by atoms with Crippen molar-refractivity contribution in [2.24, 2.45) is 10.9 Å². The maximum absolute atomic E-state index is 9.56. The number of hydrogen-bond acceptors (Lipinski definition) is 2. The van der Waals surface area contributed by atoms with E-state index in [1.54, 1.807) is 6.08 Å². The van der Waals surface area contributed by atoms with Crippen LogP contribution in [0, 0.1) is 5.92 Å². The van der Waals surface area contributed by atoms with Gasteiger partial charge in [-0.1, -0.05) is 6.42 Å². The standard InChI is InChI=1S/C6H9NO/c8-5-7-4-6-2-1-3-6/h6H,1-4H2. The minimum atomic E-state index is 0.705. The van der Waals surface area contributed by atoms with Crippen molar-refractivity contribution in [3.8, 4) is 0 Å². The summed E-state index contributed by atoms with van der Waals surface area (Å²) in [4.78, 5) is 13.0. The molecule has 2 heteroatoms. The lowest BCUT2D eigenvalue weighted by Gasteiger charge is -2.21. The van der Waals surface area contributed by atoms with Crippen molar-refractivity contribution in [3.05, 3.63) is 0 Å². The number of aliphatic imine (C=N–C) groups is 1. The van der Waals surface area contributed by atoms with E-state index in [1.807, 2.05) is 0 Å². The Morgan fingerprint density at radius 1 is 1.62 bits per heavy atom. The van der Waals surface area contributed by atoms with Crippen LogP contribution in [0.4, 0.5) is 0 Å². The first-order chi connectivity index (χ1) is 3.93. The van der Waals surface area contributed by atoms with Gasteiger partial charge in [0, 0.05) is 0 Å². The molecule has 0 aromatic rings. The zero-order chi connectivity index (χ0) is 5.82. The van der Waals surface area contributed by atoms with E-state index in [-0.39, 0.29) is 0 Å². The second-order valence-corrected chi connectivity index (χ2v) is 2.23. The number of carbonyl (C=O) groups excluding carboxylic acids is 1. The molecule has 0 aromatic carbocycles. The monoisotopic (exact) mass is 111 g/mol. The molecule has 0 unspecified atom stereocenters. The van der Waals surface area contributed by atoms with E-state index < -0.39 is 0 Å². The summed E-state index contributed by atoms with van der Waals surface area (Å²) >= 11 is 0. The third-order valence-electron chi connectivity index (χ3n) is 1.64.